The molecule has 0 unspecified atom stereocenters. The maximum Gasteiger partial charge on any atom is 0.311 e. The van der Waals surface area contributed by atoms with Gasteiger partial charge >= 0.3 is 11.7 Å². The Bertz CT molecular complexity index is 628. The first-order valence-corrected chi connectivity index (χ1v) is 6.22. The fourth-order valence-electron chi connectivity index (χ4n) is 1.50. The minimum Gasteiger partial charge on any atom is -0.466 e. The summed E-state index contributed by atoms with van der Waals surface area (Å²) in [5, 5.41) is 25.4. The number of carbonyl (C=O) groups excluding carboxylic acids is 1. The van der Waals surface area contributed by atoms with Gasteiger partial charge in [-0.1, -0.05) is 0 Å². The molecule has 10 nitrogen and oxygen atoms in total. The van der Waals surface area contributed by atoms with E-state index in [1.54, 1.807) is 13.8 Å². The summed E-state index contributed by atoms with van der Waals surface area (Å²) >= 11 is 0. The molecule has 0 aliphatic heterocycles. The molecule has 0 aliphatic carbocycles. The van der Waals surface area contributed by atoms with Gasteiger partial charge in [0.25, 0.3) is 5.69 Å². The number of nitro groups is 2. The molecule has 0 spiro atoms. The van der Waals surface area contributed by atoms with Crippen LogP contribution in [0.25, 0.3) is 0 Å². The second-order valence-electron chi connectivity index (χ2n) is 4.16. The maximum atomic E-state index is 11.2. The van der Waals surface area contributed by atoms with Crippen molar-refractivity contribution in [3.63, 3.8) is 0 Å². The molecule has 22 heavy (non-hydrogen) atoms. The average Bonchev–Trinajstić information content (AvgIpc) is 2.44. The van der Waals surface area contributed by atoms with Crippen LogP contribution in [-0.2, 0) is 9.53 Å². The predicted molar refractivity (Wildman–Crippen MR) is 77.7 cm³/mol. The third-order valence-electron chi connectivity index (χ3n) is 2.46. The molecule has 0 bridgehead atoms. The van der Waals surface area contributed by atoms with Gasteiger partial charge in [-0.25, -0.2) is 0 Å². The molecule has 1 rings (SSSR count). The molecular formula is C12H14N4O6. The van der Waals surface area contributed by atoms with Crippen molar-refractivity contribution in [1.29, 1.82) is 0 Å². The van der Waals surface area contributed by atoms with E-state index in [9.17, 15) is 25.0 Å². The van der Waals surface area contributed by atoms with Crippen LogP contribution < -0.4 is 5.43 Å². The standard InChI is InChI=1S/C12H14N4O6/c1-3-22-12(17)6-8(2)13-14-10-5-4-9(15(18)19)7-11(10)16(20)21/h4-5,7,14H,3,6H2,1-2H3/b13-8+. The first-order valence-electron chi connectivity index (χ1n) is 6.22. The highest BCUT2D eigenvalue weighted by Gasteiger charge is 2.19. The third-order valence-corrected chi connectivity index (χ3v) is 2.46. The number of esters is 1. The van der Waals surface area contributed by atoms with Crippen molar-refractivity contribution >= 4 is 28.7 Å². The normalized spacial score (nSPS) is 10.9. The number of carbonyl (C=O) groups is 1. The van der Waals surface area contributed by atoms with Crippen molar-refractivity contribution in [2.75, 3.05) is 12.0 Å². The highest BCUT2D eigenvalue weighted by atomic mass is 16.6. The number of hydrogen-bond donors (Lipinski definition) is 1. The molecule has 0 aromatic heterocycles. The number of non-ortho nitro benzene ring substituents is 1. The molecule has 1 N–H and O–H groups in total. The zero-order valence-electron chi connectivity index (χ0n) is 11.9. The summed E-state index contributed by atoms with van der Waals surface area (Å²) in [5.74, 6) is -0.469. The summed E-state index contributed by atoms with van der Waals surface area (Å²) in [6.07, 6.45) is -0.0678. The molecule has 118 valence electrons. The summed E-state index contributed by atoms with van der Waals surface area (Å²) in [6.45, 7) is 3.46. The second kappa shape index (κ2) is 7.67. The van der Waals surface area contributed by atoms with Gasteiger partial charge in [-0.15, -0.1) is 0 Å². The minimum absolute atomic E-state index is 0.0150. The largest absolute Gasteiger partial charge is 0.466 e. The predicted octanol–water partition coefficient (Wildman–Crippen LogP) is 2.24. The van der Waals surface area contributed by atoms with E-state index in [1.165, 1.54) is 6.07 Å². The van der Waals surface area contributed by atoms with Gasteiger partial charge in [0, 0.05) is 11.8 Å². The van der Waals surface area contributed by atoms with E-state index in [4.69, 9.17) is 4.74 Å². The van der Waals surface area contributed by atoms with Crippen LogP contribution in [0.1, 0.15) is 20.3 Å². The summed E-state index contributed by atoms with van der Waals surface area (Å²) in [5.41, 5.74) is 1.88. The topological polar surface area (TPSA) is 137 Å². The highest BCUT2D eigenvalue weighted by molar-refractivity contribution is 5.97. The Morgan fingerprint density at radius 3 is 2.55 bits per heavy atom. The van der Waals surface area contributed by atoms with E-state index in [0.29, 0.717) is 5.71 Å². The Kier molecular flexibility index (Phi) is 5.93. The molecule has 1 aromatic rings. The maximum absolute atomic E-state index is 11.2. The summed E-state index contributed by atoms with van der Waals surface area (Å²) in [7, 11) is 0. The van der Waals surface area contributed by atoms with Crippen molar-refractivity contribution in [1.82, 2.24) is 0 Å². The Morgan fingerprint density at radius 2 is 2.00 bits per heavy atom. The molecule has 0 saturated heterocycles. The lowest BCUT2D eigenvalue weighted by Crippen LogP contribution is -2.10. The Hall–Kier alpha value is -3.04. The van der Waals surface area contributed by atoms with Crippen LogP contribution in [0, 0.1) is 20.2 Å². The van der Waals surface area contributed by atoms with E-state index >= 15 is 0 Å². The molecule has 1 aromatic carbocycles. The van der Waals surface area contributed by atoms with Crippen LogP contribution in [0.3, 0.4) is 0 Å². The van der Waals surface area contributed by atoms with Crippen LogP contribution in [0.2, 0.25) is 0 Å². The van der Waals surface area contributed by atoms with Crippen molar-refractivity contribution in [2.24, 2.45) is 5.10 Å². The van der Waals surface area contributed by atoms with E-state index in [1.807, 2.05) is 0 Å². The Labute approximate surface area is 125 Å². The molecule has 0 radical (unpaired) electrons. The van der Waals surface area contributed by atoms with Gasteiger partial charge in [-0.2, -0.15) is 5.10 Å². The lowest BCUT2D eigenvalue weighted by atomic mass is 10.2. The SMILES string of the molecule is CCOC(=O)C/C(C)=N/Nc1ccc([N+](=O)[O-])cc1[N+](=O)[O-]. The van der Waals surface area contributed by atoms with E-state index in [2.05, 4.69) is 10.5 Å². The fourth-order valence-corrected chi connectivity index (χ4v) is 1.50. The van der Waals surface area contributed by atoms with Crippen molar-refractivity contribution in [3.8, 4) is 0 Å². The van der Waals surface area contributed by atoms with Crippen LogP contribution >= 0.6 is 0 Å². The van der Waals surface area contributed by atoms with Crippen LogP contribution in [0.4, 0.5) is 17.1 Å². The molecule has 0 heterocycles. The average molecular weight is 310 g/mol. The van der Waals surface area contributed by atoms with E-state index < -0.39 is 27.2 Å². The quantitative estimate of drug-likeness (QED) is 0.353. The Balaban J connectivity index is 2.91. The molecule has 0 fully saturated rings. The van der Waals surface area contributed by atoms with Gasteiger partial charge in [0.15, 0.2) is 0 Å². The molecule has 0 atom stereocenters. The smallest absolute Gasteiger partial charge is 0.311 e. The number of ether oxygens (including phenoxy) is 1. The number of hydrazone groups is 1. The number of anilines is 1. The molecular weight excluding hydrogens is 296 g/mol. The first kappa shape index (κ1) is 17.0. The molecule has 10 heteroatoms. The van der Waals surface area contributed by atoms with E-state index in [0.717, 1.165) is 12.1 Å². The summed E-state index contributed by atoms with van der Waals surface area (Å²) in [6, 6.07) is 3.13. The zero-order valence-corrected chi connectivity index (χ0v) is 11.9. The lowest BCUT2D eigenvalue weighted by Gasteiger charge is -2.04. The summed E-state index contributed by atoms with van der Waals surface area (Å²) < 4.78 is 4.74. The monoisotopic (exact) mass is 310 g/mol. The van der Waals surface area contributed by atoms with E-state index in [-0.39, 0.29) is 18.7 Å². The fraction of sp³-hybridized carbons (Fsp3) is 0.333. The van der Waals surface area contributed by atoms with Gasteiger partial charge in [-0.05, 0) is 19.9 Å². The van der Waals surface area contributed by atoms with Gasteiger partial charge in [0.1, 0.15) is 5.69 Å². The molecule has 0 aliphatic rings. The van der Waals surface area contributed by atoms with Gasteiger partial charge < -0.3 is 4.74 Å². The van der Waals surface area contributed by atoms with Gasteiger partial charge in [-0.3, -0.25) is 30.4 Å². The second-order valence-corrected chi connectivity index (χ2v) is 4.16. The van der Waals surface area contributed by atoms with Crippen molar-refractivity contribution in [2.45, 2.75) is 20.3 Å². The number of benzene rings is 1. The number of nitrogens with zero attached hydrogens (tertiary/aromatic N) is 3. The highest BCUT2D eigenvalue weighted by Crippen LogP contribution is 2.28. The van der Waals surface area contributed by atoms with Crippen molar-refractivity contribution in [3.05, 3.63) is 38.4 Å². The zero-order chi connectivity index (χ0) is 16.7. The Morgan fingerprint density at radius 1 is 1.32 bits per heavy atom. The number of rotatable bonds is 7. The van der Waals surface area contributed by atoms with Gasteiger partial charge in [0.2, 0.25) is 0 Å². The lowest BCUT2D eigenvalue weighted by molar-refractivity contribution is -0.393. The summed E-state index contributed by atoms with van der Waals surface area (Å²) in [4.78, 5) is 31.3. The molecule has 0 saturated carbocycles. The van der Waals surface area contributed by atoms with Crippen molar-refractivity contribution < 1.29 is 19.4 Å². The van der Waals surface area contributed by atoms with Gasteiger partial charge in [0.05, 0.1) is 28.9 Å². The van der Waals surface area contributed by atoms with Crippen LogP contribution in [-0.4, -0.2) is 28.1 Å². The third kappa shape index (κ3) is 4.81. The minimum atomic E-state index is -0.758. The molecule has 0 amide bonds. The van der Waals surface area contributed by atoms with Crippen LogP contribution in [0.15, 0.2) is 23.3 Å². The number of nitro benzene ring substituents is 2. The number of hydrogen-bond acceptors (Lipinski definition) is 8. The first-order chi connectivity index (χ1) is 10.3. The number of nitrogens with one attached hydrogen (secondary N) is 1. The van der Waals surface area contributed by atoms with Crippen LogP contribution in [0.5, 0.6) is 0 Å².